The summed E-state index contributed by atoms with van der Waals surface area (Å²) in [4.78, 5) is 49.9. The fourth-order valence-corrected chi connectivity index (χ4v) is 10.6. The predicted molar refractivity (Wildman–Crippen MR) is 243 cm³/mol. The molecule has 16 heteroatoms. The van der Waals surface area contributed by atoms with E-state index in [4.69, 9.17) is 9.72 Å². The van der Waals surface area contributed by atoms with Crippen molar-refractivity contribution in [3.05, 3.63) is 90.5 Å². The lowest BCUT2D eigenvalue weighted by Gasteiger charge is -2.36. The zero-order valence-electron chi connectivity index (χ0n) is 37.1. The fourth-order valence-electron chi connectivity index (χ4n) is 8.29. The number of aromatic nitrogens is 2. The van der Waals surface area contributed by atoms with Crippen LogP contribution in [0, 0.1) is 11.3 Å². The zero-order valence-corrected chi connectivity index (χ0v) is 38.8. The second-order valence-corrected chi connectivity index (χ2v) is 22.2. The van der Waals surface area contributed by atoms with E-state index in [-0.39, 0.29) is 42.6 Å². The Hall–Kier alpha value is -5.09. The van der Waals surface area contributed by atoms with Crippen molar-refractivity contribution in [3.63, 3.8) is 0 Å². The third-order valence-electron chi connectivity index (χ3n) is 12.7. The van der Waals surface area contributed by atoms with Crippen molar-refractivity contribution in [1.29, 1.82) is 0 Å². The quantitative estimate of drug-likeness (QED) is 0.0946. The molecule has 0 radical (unpaired) electrons. The van der Waals surface area contributed by atoms with E-state index in [0.29, 0.717) is 24.8 Å². The predicted octanol–water partition coefficient (Wildman–Crippen LogP) is 8.68. The Labute approximate surface area is 372 Å². The number of benzene rings is 2. The number of fused-ring (bicyclic) bond motifs is 1. The van der Waals surface area contributed by atoms with E-state index in [2.05, 4.69) is 52.3 Å². The Balaban J connectivity index is 1.24. The van der Waals surface area contributed by atoms with Gasteiger partial charge in [-0.05, 0) is 75.6 Å². The average molecular weight is 905 g/mol. The van der Waals surface area contributed by atoms with Gasteiger partial charge >= 0.3 is 0 Å². The van der Waals surface area contributed by atoms with E-state index in [1.54, 1.807) is 24.3 Å². The number of sulfonamides is 1. The Morgan fingerprint density at radius 3 is 2.33 bits per heavy atom. The van der Waals surface area contributed by atoms with Crippen molar-refractivity contribution in [2.24, 2.45) is 11.3 Å². The van der Waals surface area contributed by atoms with Gasteiger partial charge in [-0.25, -0.2) is 13.4 Å². The molecule has 2 aromatic carbocycles. The number of alkyl halides is 2. The van der Waals surface area contributed by atoms with Gasteiger partial charge in [-0.2, -0.15) is 8.78 Å². The molecule has 1 saturated heterocycles. The van der Waals surface area contributed by atoms with Gasteiger partial charge in [0.2, 0.25) is 21.8 Å². The van der Waals surface area contributed by atoms with Gasteiger partial charge in [-0.3, -0.25) is 19.1 Å². The van der Waals surface area contributed by atoms with Gasteiger partial charge in [0.05, 0.1) is 22.5 Å². The molecule has 3 aliphatic rings. The highest BCUT2D eigenvalue weighted by molar-refractivity contribution is 7.91. The van der Waals surface area contributed by atoms with Crippen molar-refractivity contribution in [1.82, 2.24) is 24.5 Å². The topological polar surface area (TPSA) is 152 Å². The molecule has 5 unspecified atom stereocenters. The number of amides is 3. The van der Waals surface area contributed by atoms with Gasteiger partial charge in [0.25, 0.3) is 11.8 Å². The highest BCUT2D eigenvalue weighted by Gasteiger charge is 2.63. The van der Waals surface area contributed by atoms with Crippen LogP contribution in [0.25, 0.3) is 21.5 Å². The minimum atomic E-state index is -4.04. The van der Waals surface area contributed by atoms with Crippen LogP contribution in [0.15, 0.2) is 79.2 Å². The van der Waals surface area contributed by atoms with Gasteiger partial charge in [0.15, 0.2) is 5.88 Å². The van der Waals surface area contributed by atoms with Gasteiger partial charge in [0.1, 0.15) is 28.7 Å². The molecule has 3 amide bonds. The number of thiazole rings is 1. The maximum absolute atomic E-state index is 15.0. The summed E-state index contributed by atoms with van der Waals surface area (Å²) in [5, 5.41) is 9.91. The number of likely N-dealkylation sites (tertiary alicyclic amines) is 1. The lowest BCUT2D eigenvalue weighted by Crippen LogP contribution is -2.59. The Kier molecular flexibility index (Phi) is 12.0. The monoisotopic (exact) mass is 904 g/mol. The van der Waals surface area contributed by atoms with Crippen LogP contribution in [-0.4, -0.2) is 75.6 Å². The van der Waals surface area contributed by atoms with Gasteiger partial charge < -0.3 is 24.8 Å². The van der Waals surface area contributed by atoms with Crippen molar-refractivity contribution in [2.45, 2.75) is 127 Å². The Bertz CT molecular complexity index is 2570. The zero-order chi connectivity index (χ0) is 46.0. The smallest absolute Gasteiger partial charge is 0.291 e. The summed E-state index contributed by atoms with van der Waals surface area (Å²) in [5.74, 6) is -5.11. The van der Waals surface area contributed by atoms with Crippen LogP contribution >= 0.6 is 11.3 Å². The lowest BCUT2D eigenvalue weighted by atomic mass is 9.85. The van der Waals surface area contributed by atoms with Gasteiger partial charge in [-0.15, -0.1) is 17.9 Å². The summed E-state index contributed by atoms with van der Waals surface area (Å²) in [6.45, 7) is 22.4. The number of anilines is 1. The number of nitrogens with zero attached hydrogens (tertiary/aromatic N) is 3. The molecule has 4 aromatic rings. The molecule has 3 N–H and O–H groups in total. The molecule has 0 bridgehead atoms. The van der Waals surface area contributed by atoms with Gasteiger partial charge in [0, 0.05) is 52.0 Å². The molecule has 12 nitrogen and oxygen atoms in total. The number of ether oxygens (including phenoxy) is 1. The SMILES string of the molecule is C=CC1CC1(NC(=O)C1CC(Oc2cc3c(-c4nc(C(C)C)cs4)cccc3n2C(C)C)CN1C(=O)C(Nc1cccc(C(F)(F)C=C)c1)C(C)(C)C)C(=O)NS(=O)(=O)C1(C)CC1. The van der Waals surface area contributed by atoms with Crippen LogP contribution in [-0.2, 0) is 30.3 Å². The first kappa shape index (κ1) is 45.9. The summed E-state index contributed by atoms with van der Waals surface area (Å²) in [6.07, 6.45) is 2.31. The summed E-state index contributed by atoms with van der Waals surface area (Å²) in [6, 6.07) is 11.3. The molecule has 2 saturated carbocycles. The van der Waals surface area contributed by atoms with Crippen LogP contribution in [0.1, 0.15) is 104 Å². The molecule has 2 aliphatic carbocycles. The van der Waals surface area contributed by atoms with E-state index < -0.39 is 73.5 Å². The van der Waals surface area contributed by atoms with Crippen LogP contribution in [0.2, 0.25) is 0 Å². The molecule has 3 fully saturated rings. The Morgan fingerprint density at radius 1 is 1.05 bits per heavy atom. The van der Waals surface area contributed by atoms with Crippen LogP contribution in [0.5, 0.6) is 5.88 Å². The van der Waals surface area contributed by atoms with Gasteiger partial charge in [-0.1, -0.05) is 71.5 Å². The van der Waals surface area contributed by atoms with Crippen LogP contribution in [0.3, 0.4) is 0 Å². The second-order valence-electron chi connectivity index (χ2n) is 19.1. The second kappa shape index (κ2) is 16.5. The van der Waals surface area contributed by atoms with E-state index in [1.807, 2.05) is 58.9 Å². The number of hydrogen-bond acceptors (Lipinski definition) is 9. The highest BCUT2D eigenvalue weighted by atomic mass is 32.2. The largest absolute Gasteiger partial charge is 0.473 e. The Morgan fingerprint density at radius 2 is 1.75 bits per heavy atom. The molecule has 0 spiro atoms. The lowest BCUT2D eigenvalue weighted by molar-refractivity contribution is -0.141. The molecule has 2 aromatic heterocycles. The first-order chi connectivity index (χ1) is 29.4. The molecule has 7 rings (SSSR count). The molecular weight excluding hydrogens is 847 g/mol. The third kappa shape index (κ3) is 8.77. The number of allylic oxidation sites excluding steroid dienone is 1. The summed E-state index contributed by atoms with van der Waals surface area (Å²) in [7, 11) is -4.04. The first-order valence-corrected chi connectivity index (χ1v) is 23.8. The summed E-state index contributed by atoms with van der Waals surface area (Å²) < 4.78 is 65.9. The van der Waals surface area contributed by atoms with E-state index >= 15 is 4.79 Å². The molecule has 1 aliphatic heterocycles. The van der Waals surface area contributed by atoms with Crippen molar-refractivity contribution < 1.29 is 36.3 Å². The summed E-state index contributed by atoms with van der Waals surface area (Å²) >= 11 is 1.57. The number of hydrogen-bond donors (Lipinski definition) is 3. The average Bonchev–Trinajstić information content (AvgIpc) is 3.90. The third-order valence-corrected chi connectivity index (χ3v) is 15.7. The molecular formula is C47H58F2N6O6S2. The number of nitrogens with one attached hydrogen (secondary N) is 3. The van der Waals surface area contributed by atoms with E-state index in [9.17, 15) is 26.8 Å². The molecule has 63 heavy (non-hydrogen) atoms. The van der Waals surface area contributed by atoms with E-state index in [0.717, 1.165) is 27.2 Å². The van der Waals surface area contributed by atoms with Crippen molar-refractivity contribution in [2.75, 3.05) is 11.9 Å². The summed E-state index contributed by atoms with van der Waals surface area (Å²) in [5.41, 5.74) is 0.421. The van der Waals surface area contributed by atoms with Crippen molar-refractivity contribution >= 4 is 55.7 Å². The number of halogens is 2. The molecule has 3 heterocycles. The van der Waals surface area contributed by atoms with Crippen LogP contribution in [0.4, 0.5) is 14.5 Å². The highest BCUT2D eigenvalue weighted by Crippen LogP contribution is 2.47. The number of rotatable bonds is 16. The normalized spacial score (nSPS) is 22.5. The maximum atomic E-state index is 15.0. The first-order valence-electron chi connectivity index (χ1n) is 21.4. The molecule has 5 atom stereocenters. The standard InChI is InChI=1S/C47H58F2N6O6S2/c1-11-29-24-46(29,43(58)53-63(59,60)45(10)19-20-45)52-40(56)37-22-32(25-54(37)42(57)39(44(7,8)9)50-31-16-13-15-30(21-31)47(48,49)12-2)61-38-23-34-33(41-51-35(26-62-41)27(3)4)17-14-18-36(34)55(38)28(5)6/h11-18,21,23,26-29,32,37,39,50H,1-2,19-20,22,24-25H2,3-10H3,(H,52,56)(H,53,58). The van der Waals surface area contributed by atoms with Crippen molar-refractivity contribution in [3.8, 4) is 16.5 Å². The minimum Gasteiger partial charge on any atom is -0.473 e. The molecule has 338 valence electrons. The minimum absolute atomic E-state index is 0.0268. The number of carbonyl (C=O) groups excluding carboxylic acids is 3. The maximum Gasteiger partial charge on any atom is 0.291 e. The van der Waals surface area contributed by atoms with Crippen LogP contribution < -0.4 is 20.1 Å². The van der Waals surface area contributed by atoms with E-state index in [1.165, 1.54) is 29.2 Å². The number of carbonyl (C=O) groups is 3. The fraction of sp³-hybridized carbons (Fsp3) is 0.489.